The van der Waals surface area contributed by atoms with E-state index in [1.165, 1.54) is 24.3 Å². The number of nitrogens with one attached hydrogen (secondary N) is 3. The van der Waals surface area contributed by atoms with E-state index in [1.54, 1.807) is 0 Å². The summed E-state index contributed by atoms with van der Waals surface area (Å²) in [7, 11) is 0. The van der Waals surface area contributed by atoms with Crippen molar-refractivity contribution in [3.8, 4) is 0 Å². The summed E-state index contributed by atoms with van der Waals surface area (Å²) in [6.45, 7) is 0. The van der Waals surface area contributed by atoms with Crippen LogP contribution >= 0.6 is 15.9 Å². The Balaban J connectivity index is 1.52. The van der Waals surface area contributed by atoms with Crippen molar-refractivity contribution in [3.63, 3.8) is 0 Å². The van der Waals surface area contributed by atoms with Crippen LogP contribution in [0.25, 0.3) is 6.08 Å². The minimum Gasteiger partial charge on any atom is -0.336 e. The van der Waals surface area contributed by atoms with Crippen molar-refractivity contribution in [1.82, 2.24) is 16.2 Å². The summed E-state index contributed by atoms with van der Waals surface area (Å²) in [5, 5.41) is 2.81. The van der Waals surface area contributed by atoms with Gasteiger partial charge in [-0.15, -0.1) is 0 Å². The number of hydrogen-bond acceptors (Lipinski definition) is 3. The van der Waals surface area contributed by atoms with Crippen LogP contribution in [0.5, 0.6) is 0 Å². The van der Waals surface area contributed by atoms with Gasteiger partial charge in [-0.05, 0) is 41.5 Å². The normalized spacial score (nSPS) is 20.1. The Labute approximate surface area is 162 Å². The van der Waals surface area contributed by atoms with E-state index in [9.17, 15) is 18.0 Å². The largest absolute Gasteiger partial charge is 0.416 e. The number of rotatable bonds is 4. The van der Waals surface area contributed by atoms with Gasteiger partial charge in [0.25, 0.3) is 0 Å². The Morgan fingerprint density at radius 1 is 1.07 bits per heavy atom. The van der Waals surface area contributed by atoms with Crippen molar-refractivity contribution >= 4 is 27.9 Å². The number of hydrogen-bond donors (Lipinski definition) is 3. The highest BCUT2D eigenvalue weighted by Gasteiger charge is 2.29. The average Bonchev–Trinajstić information content (AvgIpc) is 3.08. The Bertz CT molecular complexity index is 820. The molecule has 0 bridgehead atoms. The number of alkyl halides is 3. The van der Waals surface area contributed by atoms with Crippen LogP contribution in [0, 0.1) is 0 Å². The van der Waals surface area contributed by atoms with E-state index in [2.05, 4.69) is 32.1 Å². The van der Waals surface area contributed by atoms with Gasteiger partial charge in [-0.25, -0.2) is 10.9 Å². The second-order valence-corrected chi connectivity index (χ2v) is 7.06. The lowest BCUT2D eigenvalue weighted by Crippen LogP contribution is -2.43. The molecule has 142 valence electrons. The lowest BCUT2D eigenvalue weighted by atomic mass is 10.0. The van der Waals surface area contributed by atoms with Crippen LogP contribution in [0.4, 0.5) is 13.2 Å². The van der Waals surface area contributed by atoms with Gasteiger partial charge >= 0.3 is 6.18 Å². The monoisotopic (exact) mass is 439 g/mol. The maximum atomic E-state index is 12.5. The van der Waals surface area contributed by atoms with Crippen LogP contribution in [0.15, 0.2) is 59.1 Å². The van der Waals surface area contributed by atoms with E-state index in [0.29, 0.717) is 12.0 Å². The van der Waals surface area contributed by atoms with Gasteiger partial charge in [0, 0.05) is 23.0 Å². The lowest BCUT2D eigenvalue weighted by Gasteiger charge is -2.10. The molecule has 4 nitrogen and oxygen atoms in total. The predicted molar refractivity (Wildman–Crippen MR) is 100 cm³/mol. The molecule has 1 aliphatic heterocycles. The molecule has 0 aliphatic carbocycles. The molecule has 3 rings (SSSR count). The van der Waals surface area contributed by atoms with Gasteiger partial charge in [0.15, 0.2) is 0 Å². The lowest BCUT2D eigenvalue weighted by molar-refractivity contribution is -0.137. The highest BCUT2D eigenvalue weighted by molar-refractivity contribution is 9.10. The van der Waals surface area contributed by atoms with Crippen molar-refractivity contribution in [2.24, 2.45) is 0 Å². The summed E-state index contributed by atoms with van der Waals surface area (Å²) >= 11 is 3.39. The van der Waals surface area contributed by atoms with Gasteiger partial charge < -0.3 is 5.32 Å². The van der Waals surface area contributed by atoms with Crippen LogP contribution < -0.4 is 16.2 Å². The van der Waals surface area contributed by atoms with Gasteiger partial charge in [0.1, 0.15) is 0 Å². The molecule has 0 spiro atoms. The van der Waals surface area contributed by atoms with Crippen LogP contribution in [0.1, 0.15) is 29.2 Å². The topological polar surface area (TPSA) is 53.2 Å². The molecular weight excluding hydrogens is 423 g/mol. The fraction of sp³-hybridized carbons (Fsp3) is 0.211. The van der Waals surface area contributed by atoms with Gasteiger partial charge in [-0.3, -0.25) is 4.79 Å². The number of carbonyl (C=O) groups excluding carboxylic acids is 1. The molecule has 27 heavy (non-hydrogen) atoms. The molecule has 1 amide bonds. The minimum atomic E-state index is -4.37. The van der Waals surface area contributed by atoms with E-state index < -0.39 is 11.7 Å². The maximum Gasteiger partial charge on any atom is 0.416 e. The number of carbonyl (C=O) groups is 1. The first-order valence-corrected chi connectivity index (χ1v) is 9.03. The summed E-state index contributed by atoms with van der Waals surface area (Å²) in [6.07, 6.45) is -1.17. The maximum absolute atomic E-state index is 12.5. The van der Waals surface area contributed by atoms with Crippen LogP contribution in [0.3, 0.4) is 0 Å². The Hall–Kier alpha value is -2.16. The van der Waals surface area contributed by atoms with Crippen molar-refractivity contribution in [1.29, 1.82) is 0 Å². The first kappa shape index (κ1) is 19.6. The first-order chi connectivity index (χ1) is 12.8. The van der Waals surface area contributed by atoms with E-state index in [-0.39, 0.29) is 18.1 Å². The standard InChI is InChI=1S/C19H17BrF3N3O/c20-15-8-4-13(5-9-15)16-11-17(26-25-16)24-18(27)10-3-12-1-6-14(7-2-12)19(21,22)23/h1-10,16-17,25-26H,11H2,(H,24,27)/b10-3+. The highest BCUT2D eigenvalue weighted by Crippen LogP contribution is 2.29. The Morgan fingerprint density at radius 2 is 1.74 bits per heavy atom. The van der Waals surface area contributed by atoms with Gasteiger partial charge in [-0.2, -0.15) is 13.2 Å². The van der Waals surface area contributed by atoms with Crippen molar-refractivity contribution in [3.05, 3.63) is 75.8 Å². The Kier molecular flexibility index (Phi) is 5.98. The highest BCUT2D eigenvalue weighted by atomic mass is 79.9. The quantitative estimate of drug-likeness (QED) is 0.626. The molecule has 0 saturated carbocycles. The molecule has 0 radical (unpaired) electrons. The zero-order chi connectivity index (χ0) is 19.4. The third kappa shape index (κ3) is 5.41. The minimum absolute atomic E-state index is 0.0716. The van der Waals surface area contributed by atoms with Crippen molar-refractivity contribution in [2.45, 2.75) is 24.8 Å². The number of benzene rings is 2. The molecular formula is C19H17BrF3N3O. The van der Waals surface area contributed by atoms with Gasteiger partial charge in [0.2, 0.25) is 5.91 Å². The summed E-state index contributed by atoms with van der Waals surface area (Å²) in [5.74, 6) is -0.328. The summed E-state index contributed by atoms with van der Waals surface area (Å²) in [6, 6.07) is 12.6. The van der Waals surface area contributed by atoms with Crippen LogP contribution in [-0.2, 0) is 11.0 Å². The van der Waals surface area contributed by atoms with Crippen LogP contribution in [0.2, 0.25) is 0 Å². The molecule has 1 heterocycles. The van der Waals surface area contributed by atoms with E-state index in [4.69, 9.17) is 0 Å². The first-order valence-electron chi connectivity index (χ1n) is 8.23. The molecule has 1 aliphatic rings. The molecule has 0 aromatic heterocycles. The van der Waals surface area contributed by atoms with Crippen molar-refractivity contribution < 1.29 is 18.0 Å². The zero-order valence-electron chi connectivity index (χ0n) is 14.1. The second-order valence-electron chi connectivity index (χ2n) is 6.14. The van der Waals surface area contributed by atoms with E-state index >= 15 is 0 Å². The molecule has 8 heteroatoms. The third-order valence-electron chi connectivity index (χ3n) is 4.16. The third-order valence-corrected chi connectivity index (χ3v) is 4.69. The SMILES string of the molecule is O=C(/C=C/c1ccc(C(F)(F)F)cc1)NC1CC(c2ccc(Br)cc2)NN1. The zero-order valence-corrected chi connectivity index (χ0v) is 15.6. The number of hydrazine groups is 1. The van der Waals surface area contributed by atoms with E-state index in [0.717, 1.165) is 22.2 Å². The molecule has 1 fully saturated rings. The van der Waals surface area contributed by atoms with Gasteiger partial charge in [0.05, 0.1) is 11.7 Å². The smallest absolute Gasteiger partial charge is 0.336 e. The van der Waals surface area contributed by atoms with Gasteiger partial charge in [-0.1, -0.05) is 40.2 Å². The summed E-state index contributed by atoms with van der Waals surface area (Å²) < 4.78 is 38.6. The summed E-state index contributed by atoms with van der Waals surface area (Å²) in [4.78, 5) is 12.0. The number of amides is 1. The molecule has 3 N–H and O–H groups in total. The fourth-order valence-corrected chi connectivity index (χ4v) is 3.00. The molecule has 2 unspecified atom stereocenters. The van der Waals surface area contributed by atoms with Crippen LogP contribution in [-0.4, -0.2) is 12.1 Å². The molecule has 2 aromatic carbocycles. The average molecular weight is 440 g/mol. The second kappa shape index (κ2) is 8.24. The summed E-state index contributed by atoms with van der Waals surface area (Å²) in [5.41, 5.74) is 7.05. The Morgan fingerprint density at radius 3 is 2.37 bits per heavy atom. The molecule has 1 saturated heterocycles. The molecule has 2 aromatic rings. The predicted octanol–water partition coefficient (Wildman–Crippen LogP) is 4.16. The fourth-order valence-electron chi connectivity index (χ4n) is 2.74. The molecule has 2 atom stereocenters. The van der Waals surface area contributed by atoms with Crippen molar-refractivity contribution in [2.75, 3.05) is 0 Å². The number of halogens is 4. The van der Waals surface area contributed by atoms with E-state index in [1.807, 2.05) is 24.3 Å².